The topological polar surface area (TPSA) is 81.8 Å². The summed E-state index contributed by atoms with van der Waals surface area (Å²) >= 11 is 0. The van der Waals surface area contributed by atoms with E-state index >= 15 is 0 Å². The molecule has 1 saturated heterocycles. The van der Waals surface area contributed by atoms with Gasteiger partial charge < -0.3 is 10.6 Å². The molecular weight excluding hydrogens is 268 g/mol. The minimum atomic E-state index is -3.08. The number of nitrogens with zero attached hydrogens (tertiary/aromatic N) is 2. The van der Waals surface area contributed by atoms with E-state index in [1.54, 1.807) is 6.08 Å². The van der Waals surface area contributed by atoms with Crippen LogP contribution in [0.2, 0.25) is 0 Å². The van der Waals surface area contributed by atoms with E-state index in [0.29, 0.717) is 39.3 Å². The maximum atomic E-state index is 11.3. The minimum Gasteiger partial charge on any atom is -0.337 e. The molecule has 1 fully saturated rings. The van der Waals surface area contributed by atoms with Gasteiger partial charge in [-0.15, -0.1) is 6.58 Å². The van der Waals surface area contributed by atoms with Crippen molar-refractivity contribution in [3.8, 4) is 0 Å². The van der Waals surface area contributed by atoms with E-state index < -0.39 is 10.0 Å². The highest BCUT2D eigenvalue weighted by atomic mass is 32.2. The van der Waals surface area contributed by atoms with Crippen molar-refractivity contribution >= 4 is 16.1 Å². The van der Waals surface area contributed by atoms with Gasteiger partial charge in [0.15, 0.2) is 0 Å². The number of urea groups is 1. The Morgan fingerprint density at radius 2 is 1.89 bits per heavy atom. The van der Waals surface area contributed by atoms with Crippen molar-refractivity contribution < 1.29 is 13.2 Å². The smallest absolute Gasteiger partial charge is 0.315 e. The number of carbonyl (C=O) groups is 1. The second-order valence-electron chi connectivity index (χ2n) is 4.43. The van der Waals surface area contributed by atoms with Gasteiger partial charge in [0.1, 0.15) is 0 Å². The van der Waals surface area contributed by atoms with Crippen LogP contribution in [0.5, 0.6) is 0 Å². The highest BCUT2D eigenvalue weighted by molar-refractivity contribution is 7.88. The zero-order valence-electron chi connectivity index (χ0n) is 11.3. The molecule has 1 aliphatic heterocycles. The van der Waals surface area contributed by atoms with Gasteiger partial charge in [0, 0.05) is 45.8 Å². The van der Waals surface area contributed by atoms with Gasteiger partial charge in [0.25, 0.3) is 0 Å². The summed E-state index contributed by atoms with van der Waals surface area (Å²) in [6.07, 6.45) is 2.85. The molecule has 1 rings (SSSR count). The van der Waals surface area contributed by atoms with E-state index in [2.05, 4.69) is 22.1 Å². The Balaban J connectivity index is 2.16. The first-order valence-corrected chi connectivity index (χ1v) is 8.08. The molecule has 1 aliphatic rings. The summed E-state index contributed by atoms with van der Waals surface area (Å²) in [5.41, 5.74) is 0. The van der Waals surface area contributed by atoms with Crippen molar-refractivity contribution in [3.05, 3.63) is 12.7 Å². The van der Waals surface area contributed by atoms with E-state index in [0.717, 1.165) is 6.54 Å². The summed E-state index contributed by atoms with van der Waals surface area (Å²) in [5.74, 6) is 0. The number of piperazine rings is 1. The van der Waals surface area contributed by atoms with Crippen molar-refractivity contribution in [2.75, 3.05) is 52.1 Å². The third kappa shape index (κ3) is 6.04. The Kier molecular flexibility index (Phi) is 6.26. The third-order valence-corrected chi connectivity index (χ3v) is 4.22. The fourth-order valence-corrected chi connectivity index (χ4v) is 2.67. The SMILES string of the molecule is C=CCNC(=O)NCCN1CCN(S(C)(=O)=O)CC1. The van der Waals surface area contributed by atoms with Crippen LogP contribution in [0.3, 0.4) is 0 Å². The Bertz CT molecular complexity index is 402. The van der Waals surface area contributed by atoms with E-state index in [4.69, 9.17) is 0 Å². The highest BCUT2D eigenvalue weighted by Gasteiger charge is 2.22. The molecular formula is C11H22N4O3S. The van der Waals surface area contributed by atoms with Crippen LogP contribution in [0, 0.1) is 0 Å². The average Bonchev–Trinajstić information content (AvgIpc) is 2.36. The lowest BCUT2D eigenvalue weighted by atomic mass is 10.3. The highest BCUT2D eigenvalue weighted by Crippen LogP contribution is 2.04. The number of amides is 2. The molecule has 0 atom stereocenters. The van der Waals surface area contributed by atoms with Crippen LogP contribution >= 0.6 is 0 Å². The van der Waals surface area contributed by atoms with Gasteiger partial charge in [-0.05, 0) is 0 Å². The summed E-state index contributed by atoms with van der Waals surface area (Å²) in [7, 11) is -3.08. The number of rotatable bonds is 6. The van der Waals surface area contributed by atoms with Gasteiger partial charge in [-0.2, -0.15) is 4.31 Å². The van der Waals surface area contributed by atoms with Crippen molar-refractivity contribution in [1.29, 1.82) is 0 Å². The van der Waals surface area contributed by atoms with Crippen molar-refractivity contribution in [1.82, 2.24) is 19.8 Å². The number of sulfonamides is 1. The normalized spacial score (nSPS) is 17.9. The number of carbonyl (C=O) groups excluding carboxylic acids is 1. The first kappa shape index (κ1) is 15.9. The number of hydrogen-bond acceptors (Lipinski definition) is 4. The first-order chi connectivity index (χ1) is 8.93. The van der Waals surface area contributed by atoms with Gasteiger partial charge in [-0.1, -0.05) is 6.08 Å². The second kappa shape index (κ2) is 7.46. The van der Waals surface area contributed by atoms with Crippen LogP contribution in [0.4, 0.5) is 4.79 Å². The average molecular weight is 290 g/mol. The molecule has 0 aromatic rings. The molecule has 1 heterocycles. The molecule has 0 aliphatic carbocycles. The summed E-state index contributed by atoms with van der Waals surface area (Å²) < 4.78 is 24.1. The zero-order valence-corrected chi connectivity index (χ0v) is 12.1. The monoisotopic (exact) mass is 290 g/mol. The largest absolute Gasteiger partial charge is 0.337 e. The summed E-state index contributed by atoms with van der Waals surface area (Å²) in [4.78, 5) is 13.4. The molecule has 110 valence electrons. The molecule has 0 aromatic heterocycles. The van der Waals surface area contributed by atoms with Crippen LogP contribution in [0.25, 0.3) is 0 Å². The molecule has 0 unspecified atom stereocenters. The lowest BCUT2D eigenvalue weighted by Gasteiger charge is -2.33. The van der Waals surface area contributed by atoms with Gasteiger partial charge in [0.05, 0.1) is 6.26 Å². The fraction of sp³-hybridized carbons (Fsp3) is 0.727. The first-order valence-electron chi connectivity index (χ1n) is 6.23. The molecule has 0 bridgehead atoms. The lowest BCUT2D eigenvalue weighted by molar-refractivity contribution is 0.188. The zero-order chi connectivity index (χ0) is 14.3. The quantitative estimate of drug-likeness (QED) is 0.618. The van der Waals surface area contributed by atoms with Crippen LogP contribution in [-0.2, 0) is 10.0 Å². The molecule has 8 heteroatoms. The Labute approximate surface area is 114 Å². The molecule has 2 amide bonds. The van der Waals surface area contributed by atoms with E-state index in [-0.39, 0.29) is 6.03 Å². The van der Waals surface area contributed by atoms with Crippen molar-refractivity contribution in [2.45, 2.75) is 0 Å². The van der Waals surface area contributed by atoms with Crippen LogP contribution in [0.1, 0.15) is 0 Å². The molecule has 0 radical (unpaired) electrons. The van der Waals surface area contributed by atoms with Gasteiger partial charge >= 0.3 is 6.03 Å². The lowest BCUT2D eigenvalue weighted by Crippen LogP contribution is -2.50. The van der Waals surface area contributed by atoms with Gasteiger partial charge in [-0.25, -0.2) is 13.2 Å². The van der Waals surface area contributed by atoms with Gasteiger partial charge in [-0.3, -0.25) is 4.90 Å². The van der Waals surface area contributed by atoms with Crippen LogP contribution in [-0.4, -0.2) is 75.7 Å². The standard InChI is InChI=1S/C11H22N4O3S/c1-3-4-12-11(16)13-5-6-14-7-9-15(10-8-14)19(2,17)18/h3H,1,4-10H2,2H3,(H2,12,13,16). The molecule has 7 nitrogen and oxygen atoms in total. The Morgan fingerprint density at radius 1 is 1.26 bits per heavy atom. The molecule has 19 heavy (non-hydrogen) atoms. The number of nitrogens with one attached hydrogen (secondary N) is 2. The summed E-state index contributed by atoms with van der Waals surface area (Å²) in [5, 5.41) is 5.36. The van der Waals surface area contributed by atoms with Crippen molar-refractivity contribution in [3.63, 3.8) is 0 Å². The Morgan fingerprint density at radius 3 is 2.42 bits per heavy atom. The summed E-state index contributed by atoms with van der Waals surface area (Å²) in [6, 6.07) is -0.213. The van der Waals surface area contributed by atoms with Crippen molar-refractivity contribution in [2.24, 2.45) is 0 Å². The van der Waals surface area contributed by atoms with E-state index in [1.807, 2.05) is 0 Å². The fourth-order valence-electron chi connectivity index (χ4n) is 1.84. The van der Waals surface area contributed by atoms with Gasteiger partial charge in [0.2, 0.25) is 10.0 Å². The summed E-state index contributed by atoms with van der Waals surface area (Å²) in [6.45, 7) is 7.64. The molecule has 2 N–H and O–H groups in total. The maximum absolute atomic E-state index is 11.3. The van der Waals surface area contributed by atoms with Crippen LogP contribution in [0.15, 0.2) is 12.7 Å². The van der Waals surface area contributed by atoms with E-state index in [9.17, 15) is 13.2 Å². The maximum Gasteiger partial charge on any atom is 0.315 e. The minimum absolute atomic E-state index is 0.213. The van der Waals surface area contributed by atoms with Crippen LogP contribution < -0.4 is 10.6 Å². The molecule has 0 spiro atoms. The predicted molar refractivity (Wildman–Crippen MR) is 74.5 cm³/mol. The number of hydrogen-bond donors (Lipinski definition) is 2. The second-order valence-corrected chi connectivity index (χ2v) is 6.41. The molecule has 0 aromatic carbocycles. The predicted octanol–water partition coefficient (Wildman–Crippen LogP) is -0.951. The third-order valence-electron chi connectivity index (χ3n) is 2.92. The molecule has 0 saturated carbocycles. The Hall–Kier alpha value is -1.12. The van der Waals surface area contributed by atoms with E-state index in [1.165, 1.54) is 10.6 Å².